The average molecular weight is 340 g/mol. The number of carbonyl (C=O) groups is 1. The van der Waals surface area contributed by atoms with Crippen LogP contribution in [-0.4, -0.2) is 30.0 Å². The number of halogens is 1. The van der Waals surface area contributed by atoms with Crippen LogP contribution in [0.3, 0.4) is 0 Å². The second-order valence-electron chi connectivity index (χ2n) is 4.51. The zero-order valence-electron chi connectivity index (χ0n) is 11.8. The Hall–Kier alpha value is -1.57. The van der Waals surface area contributed by atoms with Gasteiger partial charge in [-0.3, -0.25) is 0 Å². The number of thioether (sulfide) groups is 1. The first-order valence-electron chi connectivity index (χ1n) is 6.75. The van der Waals surface area contributed by atoms with E-state index >= 15 is 0 Å². The number of amides is 2. The minimum Gasteiger partial charge on any atom is -0.387 e. The highest BCUT2D eigenvalue weighted by molar-refractivity contribution is 7.99. The Balaban J connectivity index is 1.58. The molecule has 1 unspecified atom stereocenters. The minimum absolute atomic E-state index is 0.174. The van der Waals surface area contributed by atoms with Crippen molar-refractivity contribution < 1.29 is 14.3 Å². The number of urea groups is 1. The second-order valence-corrected chi connectivity index (χ2v) is 6.46. The van der Waals surface area contributed by atoms with Crippen LogP contribution in [0.1, 0.15) is 11.7 Å². The third-order valence-corrected chi connectivity index (χ3v) is 4.57. The molecule has 22 heavy (non-hydrogen) atoms. The molecule has 0 aliphatic rings. The molecule has 118 valence electrons. The van der Waals surface area contributed by atoms with Gasteiger partial charge >= 0.3 is 6.03 Å². The van der Waals surface area contributed by atoms with Gasteiger partial charge in [-0.05, 0) is 46.7 Å². The van der Waals surface area contributed by atoms with Gasteiger partial charge in [0.05, 0.1) is 6.10 Å². The van der Waals surface area contributed by atoms with Gasteiger partial charge in [0, 0.05) is 23.7 Å². The van der Waals surface area contributed by atoms with Crippen LogP contribution in [0.25, 0.3) is 0 Å². The predicted molar refractivity (Wildman–Crippen MR) is 87.8 cm³/mol. The van der Waals surface area contributed by atoms with Crippen LogP contribution >= 0.6 is 23.1 Å². The van der Waals surface area contributed by atoms with Gasteiger partial charge in [-0.25, -0.2) is 9.18 Å². The highest BCUT2D eigenvalue weighted by Crippen LogP contribution is 2.17. The Labute approximate surface area is 136 Å². The van der Waals surface area contributed by atoms with Crippen molar-refractivity contribution >= 4 is 29.1 Å². The lowest BCUT2D eigenvalue weighted by molar-refractivity contribution is 0.173. The maximum absolute atomic E-state index is 12.7. The van der Waals surface area contributed by atoms with E-state index in [4.69, 9.17) is 0 Å². The highest BCUT2D eigenvalue weighted by Gasteiger charge is 2.09. The van der Waals surface area contributed by atoms with E-state index in [-0.39, 0.29) is 18.4 Å². The highest BCUT2D eigenvalue weighted by atomic mass is 32.2. The number of aliphatic hydroxyl groups excluding tert-OH is 1. The molecule has 4 nitrogen and oxygen atoms in total. The normalized spacial score (nSPS) is 11.9. The molecule has 1 aromatic heterocycles. The van der Waals surface area contributed by atoms with Crippen molar-refractivity contribution in [3.05, 3.63) is 52.5 Å². The molecule has 0 fully saturated rings. The van der Waals surface area contributed by atoms with Gasteiger partial charge in [0.25, 0.3) is 0 Å². The first kappa shape index (κ1) is 16.8. The van der Waals surface area contributed by atoms with Gasteiger partial charge in [-0.1, -0.05) is 0 Å². The molecule has 2 amide bonds. The van der Waals surface area contributed by atoms with E-state index in [2.05, 4.69) is 10.6 Å². The van der Waals surface area contributed by atoms with Crippen molar-refractivity contribution in [1.29, 1.82) is 0 Å². The number of hydrogen-bond acceptors (Lipinski definition) is 4. The number of thiophene rings is 1. The van der Waals surface area contributed by atoms with E-state index in [9.17, 15) is 14.3 Å². The molecule has 1 heterocycles. The molecular weight excluding hydrogens is 323 g/mol. The number of aliphatic hydroxyl groups is 1. The number of benzene rings is 1. The Bertz CT molecular complexity index is 576. The van der Waals surface area contributed by atoms with Crippen LogP contribution in [-0.2, 0) is 0 Å². The van der Waals surface area contributed by atoms with Crippen LogP contribution in [0.15, 0.2) is 46.0 Å². The summed E-state index contributed by atoms with van der Waals surface area (Å²) in [5.74, 6) is 0.428. The molecular formula is C15H17FN2O2S2. The van der Waals surface area contributed by atoms with E-state index < -0.39 is 6.10 Å². The summed E-state index contributed by atoms with van der Waals surface area (Å²) >= 11 is 3.04. The Morgan fingerprint density at radius 3 is 2.73 bits per heavy atom. The Morgan fingerprint density at radius 2 is 2.05 bits per heavy atom. The van der Waals surface area contributed by atoms with Gasteiger partial charge in [-0.15, -0.1) is 11.8 Å². The summed E-state index contributed by atoms with van der Waals surface area (Å²) in [6, 6.07) is 7.75. The standard InChI is InChI=1S/C15H17FN2O2S2/c16-12-1-3-13(4-2-12)22-8-6-17-15(20)18-9-14(19)11-5-7-21-10-11/h1-5,7,10,14,19H,6,8-9H2,(H2,17,18,20). The fraction of sp³-hybridized carbons (Fsp3) is 0.267. The maximum atomic E-state index is 12.7. The third-order valence-electron chi connectivity index (χ3n) is 2.85. The molecule has 0 saturated heterocycles. The van der Waals surface area contributed by atoms with Crippen LogP contribution in [0.2, 0.25) is 0 Å². The smallest absolute Gasteiger partial charge is 0.314 e. The van der Waals surface area contributed by atoms with Crippen LogP contribution in [0.5, 0.6) is 0 Å². The van der Waals surface area contributed by atoms with E-state index in [1.54, 1.807) is 12.1 Å². The molecule has 1 aromatic carbocycles. The molecule has 0 spiro atoms. The summed E-state index contributed by atoms with van der Waals surface area (Å²) in [6.45, 7) is 0.663. The lowest BCUT2D eigenvalue weighted by atomic mass is 10.2. The molecule has 3 N–H and O–H groups in total. The largest absolute Gasteiger partial charge is 0.387 e. The van der Waals surface area contributed by atoms with Gasteiger partial charge in [0.2, 0.25) is 0 Å². The van der Waals surface area contributed by atoms with Gasteiger partial charge < -0.3 is 15.7 Å². The molecule has 2 rings (SSSR count). The van der Waals surface area contributed by atoms with Crippen LogP contribution < -0.4 is 10.6 Å². The zero-order chi connectivity index (χ0) is 15.8. The summed E-state index contributed by atoms with van der Waals surface area (Å²) in [5.41, 5.74) is 0.803. The fourth-order valence-electron chi connectivity index (χ4n) is 1.70. The first-order valence-corrected chi connectivity index (χ1v) is 8.68. The predicted octanol–water partition coefficient (Wildman–Crippen LogP) is 3.01. The van der Waals surface area contributed by atoms with Crippen molar-refractivity contribution in [1.82, 2.24) is 10.6 Å². The van der Waals surface area contributed by atoms with Crippen LogP contribution in [0, 0.1) is 5.82 Å². The summed E-state index contributed by atoms with van der Waals surface area (Å²) in [6.07, 6.45) is -0.689. The fourth-order valence-corrected chi connectivity index (χ4v) is 3.17. The minimum atomic E-state index is -0.689. The SMILES string of the molecule is O=C(NCCSc1ccc(F)cc1)NCC(O)c1ccsc1. The first-order chi connectivity index (χ1) is 10.6. The topological polar surface area (TPSA) is 61.4 Å². The zero-order valence-corrected chi connectivity index (χ0v) is 13.4. The number of carbonyl (C=O) groups excluding carboxylic acids is 1. The van der Waals surface area contributed by atoms with Crippen molar-refractivity contribution in [2.45, 2.75) is 11.0 Å². The van der Waals surface area contributed by atoms with E-state index in [1.807, 2.05) is 16.8 Å². The van der Waals surface area contributed by atoms with Crippen LogP contribution in [0.4, 0.5) is 9.18 Å². The summed E-state index contributed by atoms with van der Waals surface area (Å²) in [7, 11) is 0. The Kier molecular flexibility index (Phi) is 6.70. The summed E-state index contributed by atoms with van der Waals surface area (Å²) in [5, 5.41) is 18.9. The lowest BCUT2D eigenvalue weighted by Crippen LogP contribution is -2.38. The van der Waals surface area contributed by atoms with Crippen molar-refractivity contribution in [2.24, 2.45) is 0 Å². The maximum Gasteiger partial charge on any atom is 0.314 e. The quantitative estimate of drug-likeness (QED) is 0.536. The lowest BCUT2D eigenvalue weighted by Gasteiger charge is -2.11. The molecule has 7 heteroatoms. The molecule has 0 saturated carbocycles. The van der Waals surface area contributed by atoms with Gasteiger partial charge in [-0.2, -0.15) is 11.3 Å². The number of nitrogens with one attached hydrogen (secondary N) is 2. The molecule has 0 radical (unpaired) electrons. The molecule has 0 bridgehead atoms. The molecule has 0 aliphatic carbocycles. The van der Waals surface area contributed by atoms with Crippen molar-refractivity contribution in [3.63, 3.8) is 0 Å². The molecule has 1 atom stereocenters. The molecule has 0 aliphatic heterocycles. The third kappa shape index (κ3) is 5.67. The van der Waals surface area contributed by atoms with Crippen molar-refractivity contribution in [3.8, 4) is 0 Å². The second kappa shape index (κ2) is 8.77. The average Bonchev–Trinajstić information content (AvgIpc) is 3.05. The number of rotatable bonds is 7. The van der Waals surface area contributed by atoms with Gasteiger partial charge in [0.15, 0.2) is 0 Å². The van der Waals surface area contributed by atoms with E-state index in [1.165, 1.54) is 35.2 Å². The Morgan fingerprint density at radius 1 is 1.27 bits per heavy atom. The van der Waals surface area contributed by atoms with Crippen molar-refractivity contribution in [2.75, 3.05) is 18.8 Å². The summed E-state index contributed by atoms with van der Waals surface area (Å²) < 4.78 is 12.7. The summed E-state index contributed by atoms with van der Waals surface area (Å²) in [4.78, 5) is 12.5. The van der Waals surface area contributed by atoms with Gasteiger partial charge in [0.1, 0.15) is 5.82 Å². The monoisotopic (exact) mass is 340 g/mol. The van der Waals surface area contributed by atoms with E-state index in [0.717, 1.165) is 10.5 Å². The van der Waals surface area contributed by atoms with E-state index in [0.29, 0.717) is 12.3 Å². The number of hydrogen-bond donors (Lipinski definition) is 3. The molecule has 2 aromatic rings.